The molecule has 1 aliphatic heterocycles. The molecule has 3 aromatic carbocycles. The van der Waals surface area contributed by atoms with Crippen LogP contribution < -0.4 is 29.7 Å². The Hall–Kier alpha value is -4.35. The predicted molar refractivity (Wildman–Crippen MR) is 153 cm³/mol. The highest BCUT2D eigenvalue weighted by Gasteiger charge is 2.37. The highest BCUT2D eigenvalue weighted by atomic mass is 79.9. The van der Waals surface area contributed by atoms with Gasteiger partial charge in [0.25, 0.3) is 17.7 Å². The number of imide groups is 2. The van der Waals surface area contributed by atoms with Crippen LogP contribution in [0.25, 0.3) is 6.08 Å². The summed E-state index contributed by atoms with van der Waals surface area (Å²) in [7, 11) is 1.49. The lowest BCUT2D eigenvalue weighted by atomic mass is 10.1. The Balaban J connectivity index is 1.57. The second kappa shape index (κ2) is 12.7. The van der Waals surface area contributed by atoms with Gasteiger partial charge in [-0.1, -0.05) is 11.6 Å². The van der Waals surface area contributed by atoms with Gasteiger partial charge in [-0.15, -0.1) is 0 Å². The number of rotatable bonds is 9. The number of hydrogen-bond acceptors (Lipinski definition) is 7. The van der Waals surface area contributed by atoms with Crippen LogP contribution in [0.15, 0.2) is 70.7 Å². The van der Waals surface area contributed by atoms with Crippen LogP contribution in [0.1, 0.15) is 12.5 Å². The maximum absolute atomic E-state index is 13.2. The Bertz CT molecular complexity index is 1490. The molecule has 4 rings (SSSR count). The Kier molecular flexibility index (Phi) is 9.08. The van der Waals surface area contributed by atoms with Crippen LogP contribution in [-0.4, -0.2) is 44.1 Å². The number of nitrogens with zero attached hydrogens (tertiary/aromatic N) is 1. The molecule has 206 valence electrons. The lowest BCUT2D eigenvalue weighted by molar-refractivity contribution is -0.122. The van der Waals surface area contributed by atoms with Crippen molar-refractivity contribution in [3.63, 3.8) is 0 Å². The SMILES string of the molecule is CCOc1cc(/C=C2\C(=O)NC(=O)N(c3ccc(OC)cc3)C2=O)cc(Br)c1OCC(=O)Nc1ccc(Cl)cc1. The molecule has 0 bridgehead atoms. The van der Waals surface area contributed by atoms with E-state index in [1.165, 1.54) is 25.3 Å². The molecule has 2 N–H and O–H groups in total. The normalized spacial score (nSPS) is 14.2. The standard InChI is InChI=1S/C28H23BrClN3O7/c1-3-39-23-14-16(13-22(29)25(23)40-15-24(34)31-18-6-4-17(30)5-7-18)12-21-26(35)32-28(37)33(27(21)36)19-8-10-20(38-2)11-9-19/h4-14H,3,15H2,1-2H3,(H,31,34)(H,32,35,37)/b21-12+. The van der Waals surface area contributed by atoms with Gasteiger partial charge in [-0.25, -0.2) is 9.69 Å². The number of ether oxygens (including phenoxy) is 3. The van der Waals surface area contributed by atoms with Crippen molar-refractivity contribution in [2.45, 2.75) is 6.92 Å². The predicted octanol–water partition coefficient (Wildman–Crippen LogP) is 5.19. The Labute approximate surface area is 243 Å². The van der Waals surface area contributed by atoms with Crippen molar-refractivity contribution in [1.29, 1.82) is 0 Å². The number of halogens is 2. The van der Waals surface area contributed by atoms with Gasteiger partial charge in [-0.2, -0.15) is 0 Å². The van der Waals surface area contributed by atoms with E-state index in [2.05, 4.69) is 26.6 Å². The highest BCUT2D eigenvalue weighted by molar-refractivity contribution is 9.10. The fourth-order valence-corrected chi connectivity index (χ4v) is 4.43. The van der Waals surface area contributed by atoms with Crippen molar-refractivity contribution in [2.24, 2.45) is 0 Å². The number of amides is 5. The summed E-state index contributed by atoms with van der Waals surface area (Å²) >= 11 is 9.29. The van der Waals surface area contributed by atoms with Crippen LogP contribution >= 0.6 is 27.5 Å². The van der Waals surface area contributed by atoms with Gasteiger partial charge in [0.2, 0.25) is 0 Å². The second-order valence-corrected chi connectivity index (χ2v) is 9.55. The van der Waals surface area contributed by atoms with Crippen LogP contribution in [0.4, 0.5) is 16.2 Å². The summed E-state index contributed by atoms with van der Waals surface area (Å²) in [6.45, 7) is 1.73. The number of carbonyl (C=O) groups excluding carboxylic acids is 4. The maximum Gasteiger partial charge on any atom is 0.335 e. The third-order valence-electron chi connectivity index (χ3n) is 5.55. The van der Waals surface area contributed by atoms with Crippen molar-refractivity contribution in [2.75, 3.05) is 30.5 Å². The quantitative estimate of drug-likeness (QED) is 0.247. The van der Waals surface area contributed by atoms with Crippen molar-refractivity contribution >= 4 is 68.7 Å². The van der Waals surface area contributed by atoms with Gasteiger partial charge in [0, 0.05) is 10.7 Å². The highest BCUT2D eigenvalue weighted by Crippen LogP contribution is 2.38. The zero-order valence-corrected chi connectivity index (χ0v) is 23.7. The average Bonchev–Trinajstić information content (AvgIpc) is 2.92. The number of urea groups is 1. The van der Waals surface area contributed by atoms with E-state index in [9.17, 15) is 19.2 Å². The molecule has 10 nitrogen and oxygen atoms in total. The van der Waals surface area contributed by atoms with E-state index < -0.39 is 23.8 Å². The zero-order valence-electron chi connectivity index (χ0n) is 21.3. The van der Waals surface area contributed by atoms with Gasteiger partial charge < -0.3 is 19.5 Å². The molecule has 0 aromatic heterocycles. The first kappa shape index (κ1) is 28.7. The monoisotopic (exact) mass is 627 g/mol. The zero-order chi connectivity index (χ0) is 28.8. The van der Waals surface area contributed by atoms with Crippen molar-refractivity contribution in [3.05, 3.63) is 81.3 Å². The first-order valence-corrected chi connectivity index (χ1v) is 13.1. The number of nitrogens with one attached hydrogen (secondary N) is 2. The summed E-state index contributed by atoms with van der Waals surface area (Å²) < 4.78 is 17.0. The summed E-state index contributed by atoms with van der Waals surface area (Å²) in [5, 5.41) is 5.43. The second-order valence-electron chi connectivity index (χ2n) is 8.26. The van der Waals surface area contributed by atoms with Crippen molar-refractivity contribution in [3.8, 4) is 17.2 Å². The van der Waals surface area contributed by atoms with E-state index in [-0.39, 0.29) is 36.0 Å². The fraction of sp³-hybridized carbons (Fsp3) is 0.143. The summed E-state index contributed by atoms with van der Waals surface area (Å²) in [5.74, 6) is -0.978. The van der Waals surface area contributed by atoms with Crippen LogP contribution in [0.3, 0.4) is 0 Å². The molecule has 1 saturated heterocycles. The van der Waals surface area contributed by atoms with E-state index in [1.807, 2.05) is 0 Å². The first-order valence-electron chi connectivity index (χ1n) is 11.9. The molecular formula is C28H23BrClN3O7. The molecular weight excluding hydrogens is 606 g/mol. The molecule has 0 saturated carbocycles. The summed E-state index contributed by atoms with van der Waals surface area (Å²) in [6, 6.07) is 15.2. The Morgan fingerprint density at radius 2 is 1.75 bits per heavy atom. The molecule has 1 fully saturated rings. The summed E-state index contributed by atoms with van der Waals surface area (Å²) in [6.07, 6.45) is 1.34. The lowest BCUT2D eigenvalue weighted by Crippen LogP contribution is -2.54. The third-order valence-corrected chi connectivity index (χ3v) is 6.39. The van der Waals surface area contributed by atoms with Gasteiger partial charge in [0.15, 0.2) is 18.1 Å². The first-order chi connectivity index (χ1) is 19.2. The number of barbiturate groups is 1. The molecule has 5 amide bonds. The number of methoxy groups -OCH3 is 1. The van der Waals surface area contributed by atoms with E-state index >= 15 is 0 Å². The molecule has 1 heterocycles. The number of carbonyl (C=O) groups is 4. The Morgan fingerprint density at radius 1 is 1.05 bits per heavy atom. The van der Waals surface area contributed by atoms with E-state index in [4.69, 9.17) is 25.8 Å². The summed E-state index contributed by atoms with van der Waals surface area (Å²) in [4.78, 5) is 51.6. The minimum absolute atomic E-state index is 0.254. The third kappa shape index (κ3) is 6.61. The maximum atomic E-state index is 13.2. The van der Waals surface area contributed by atoms with Gasteiger partial charge in [-0.05, 0) is 95.2 Å². The topological polar surface area (TPSA) is 123 Å². The smallest absolute Gasteiger partial charge is 0.335 e. The van der Waals surface area contributed by atoms with Crippen LogP contribution in [0.5, 0.6) is 17.2 Å². The van der Waals surface area contributed by atoms with E-state index in [0.717, 1.165) is 4.90 Å². The molecule has 0 spiro atoms. The number of anilines is 2. The molecule has 0 radical (unpaired) electrons. The van der Waals surface area contributed by atoms with Gasteiger partial charge in [0.1, 0.15) is 11.3 Å². The van der Waals surface area contributed by atoms with Gasteiger partial charge >= 0.3 is 6.03 Å². The molecule has 0 unspecified atom stereocenters. The van der Waals surface area contributed by atoms with Crippen LogP contribution in [0.2, 0.25) is 5.02 Å². The fourth-order valence-electron chi connectivity index (χ4n) is 3.73. The lowest BCUT2D eigenvalue weighted by Gasteiger charge is -2.26. The molecule has 0 aliphatic carbocycles. The molecule has 1 aliphatic rings. The molecule has 3 aromatic rings. The van der Waals surface area contributed by atoms with E-state index in [1.54, 1.807) is 55.5 Å². The number of benzene rings is 3. The van der Waals surface area contributed by atoms with E-state index in [0.29, 0.717) is 26.5 Å². The Morgan fingerprint density at radius 3 is 2.40 bits per heavy atom. The molecule has 0 atom stereocenters. The van der Waals surface area contributed by atoms with Gasteiger partial charge in [-0.3, -0.25) is 19.7 Å². The molecule has 12 heteroatoms. The molecule has 40 heavy (non-hydrogen) atoms. The van der Waals surface area contributed by atoms with Crippen molar-refractivity contribution < 1.29 is 33.4 Å². The van der Waals surface area contributed by atoms with Gasteiger partial charge in [0.05, 0.1) is 23.9 Å². The summed E-state index contributed by atoms with van der Waals surface area (Å²) in [5.41, 5.74) is 0.969. The number of hydrogen-bond donors (Lipinski definition) is 2. The largest absolute Gasteiger partial charge is 0.497 e. The van der Waals surface area contributed by atoms with Crippen molar-refractivity contribution in [1.82, 2.24) is 5.32 Å². The minimum Gasteiger partial charge on any atom is -0.497 e. The average molecular weight is 629 g/mol. The van der Waals surface area contributed by atoms with Crippen LogP contribution in [-0.2, 0) is 14.4 Å². The van der Waals surface area contributed by atoms with Crippen LogP contribution in [0, 0.1) is 0 Å². The minimum atomic E-state index is -0.867.